The van der Waals surface area contributed by atoms with Gasteiger partial charge in [0.05, 0.1) is 17.9 Å². The summed E-state index contributed by atoms with van der Waals surface area (Å²) in [6.45, 7) is 2.22. The molecule has 0 aliphatic carbocycles. The Kier molecular flexibility index (Phi) is 6.65. The molecule has 1 aromatic heterocycles. The number of nitrogens with zero attached hydrogens (tertiary/aromatic N) is 2. The number of pyridine rings is 1. The number of halogens is 2. The molecule has 0 saturated carbocycles. The number of aryl methyl sites for hydroxylation is 1. The Hall–Kier alpha value is -2.51. The van der Waals surface area contributed by atoms with Gasteiger partial charge in [-0.25, -0.2) is 14.2 Å². The molecule has 0 bridgehead atoms. The summed E-state index contributed by atoms with van der Waals surface area (Å²) in [5, 5.41) is 9.28. The maximum atomic E-state index is 13.2. The Bertz CT molecular complexity index is 829. The first-order valence-electron chi connectivity index (χ1n) is 7.76. The number of rotatable bonds is 7. The summed E-state index contributed by atoms with van der Waals surface area (Å²) in [7, 11) is 1.51. The summed E-state index contributed by atoms with van der Waals surface area (Å²) in [5.41, 5.74) is 0.972. The Morgan fingerprint density at radius 3 is 2.62 bits per heavy atom. The fraction of sp³-hybridized carbons (Fsp3) is 0.278. The lowest BCUT2D eigenvalue weighted by atomic mass is 10.1. The van der Waals surface area contributed by atoms with Crippen molar-refractivity contribution in [3.8, 4) is 0 Å². The van der Waals surface area contributed by atoms with Crippen molar-refractivity contribution in [2.75, 3.05) is 20.3 Å². The molecule has 0 spiro atoms. The molecule has 1 heterocycles. The summed E-state index contributed by atoms with van der Waals surface area (Å²) in [6, 6.07) is 6.67. The van der Waals surface area contributed by atoms with Crippen molar-refractivity contribution in [1.82, 2.24) is 9.88 Å². The SMILES string of the molecule is COCCN(Cc1ccc(F)cc1Cl)C(=O)c1ccc(C(=O)O)c(C)n1. The summed E-state index contributed by atoms with van der Waals surface area (Å²) in [6.07, 6.45) is 0. The Balaban J connectivity index is 2.29. The Labute approximate surface area is 155 Å². The van der Waals surface area contributed by atoms with Crippen molar-refractivity contribution in [2.24, 2.45) is 0 Å². The van der Waals surface area contributed by atoms with E-state index in [0.29, 0.717) is 5.56 Å². The topological polar surface area (TPSA) is 79.7 Å². The number of benzene rings is 1. The fourth-order valence-corrected chi connectivity index (χ4v) is 2.60. The number of aromatic carboxylic acids is 1. The molecule has 0 saturated heterocycles. The van der Waals surface area contributed by atoms with Crippen LogP contribution in [-0.4, -0.2) is 47.1 Å². The van der Waals surface area contributed by atoms with Crippen molar-refractivity contribution in [3.05, 3.63) is 63.7 Å². The number of carboxylic acids is 1. The lowest BCUT2D eigenvalue weighted by Gasteiger charge is -2.23. The predicted octanol–water partition coefficient (Wildman–Crippen LogP) is 3.17. The number of hydrogen-bond acceptors (Lipinski definition) is 4. The quantitative estimate of drug-likeness (QED) is 0.798. The van der Waals surface area contributed by atoms with E-state index in [4.69, 9.17) is 21.4 Å². The van der Waals surface area contributed by atoms with Crippen LogP contribution in [0.25, 0.3) is 0 Å². The zero-order valence-electron chi connectivity index (χ0n) is 14.3. The standard InChI is InChI=1S/C18H18ClFN2O4/c1-11-14(18(24)25)5-6-16(21-11)17(23)22(7-8-26-2)10-12-3-4-13(20)9-15(12)19/h3-6,9H,7-8,10H2,1-2H3,(H,24,25). The number of aromatic nitrogens is 1. The molecule has 1 N–H and O–H groups in total. The third-order valence-corrected chi connectivity index (χ3v) is 4.12. The number of carbonyl (C=O) groups excluding carboxylic acids is 1. The first-order valence-corrected chi connectivity index (χ1v) is 8.14. The number of methoxy groups -OCH3 is 1. The third kappa shape index (κ3) is 4.77. The molecular formula is C18H18ClFN2O4. The number of hydrogen-bond donors (Lipinski definition) is 1. The molecule has 1 amide bonds. The molecule has 8 heteroatoms. The van der Waals surface area contributed by atoms with Crippen LogP contribution in [0.3, 0.4) is 0 Å². The smallest absolute Gasteiger partial charge is 0.337 e. The zero-order valence-corrected chi connectivity index (χ0v) is 15.1. The van der Waals surface area contributed by atoms with E-state index in [0.717, 1.165) is 0 Å². The Morgan fingerprint density at radius 1 is 1.31 bits per heavy atom. The summed E-state index contributed by atoms with van der Waals surface area (Å²) in [4.78, 5) is 29.5. The summed E-state index contributed by atoms with van der Waals surface area (Å²) < 4.78 is 18.3. The molecule has 0 aliphatic heterocycles. The van der Waals surface area contributed by atoms with Crippen LogP contribution < -0.4 is 0 Å². The molecule has 1 aromatic carbocycles. The van der Waals surface area contributed by atoms with Gasteiger partial charge >= 0.3 is 5.97 Å². The van der Waals surface area contributed by atoms with Crippen molar-refractivity contribution in [3.63, 3.8) is 0 Å². The molecule has 2 rings (SSSR count). The van der Waals surface area contributed by atoms with E-state index < -0.39 is 17.7 Å². The molecule has 0 fully saturated rings. The second-order valence-electron chi connectivity index (χ2n) is 5.59. The molecule has 0 unspecified atom stereocenters. The number of amides is 1. The van der Waals surface area contributed by atoms with Crippen LogP contribution in [0, 0.1) is 12.7 Å². The van der Waals surface area contributed by atoms with Crippen LogP contribution >= 0.6 is 11.6 Å². The van der Waals surface area contributed by atoms with Crippen LogP contribution in [0.4, 0.5) is 4.39 Å². The minimum atomic E-state index is -1.11. The minimum absolute atomic E-state index is 0.0339. The minimum Gasteiger partial charge on any atom is -0.478 e. The number of carbonyl (C=O) groups is 2. The number of carboxylic acid groups (broad SMARTS) is 1. The predicted molar refractivity (Wildman–Crippen MR) is 94.0 cm³/mol. The van der Waals surface area contributed by atoms with E-state index in [1.165, 1.54) is 49.3 Å². The van der Waals surface area contributed by atoms with Gasteiger partial charge in [0, 0.05) is 25.2 Å². The largest absolute Gasteiger partial charge is 0.478 e. The van der Waals surface area contributed by atoms with E-state index in [2.05, 4.69) is 4.98 Å². The van der Waals surface area contributed by atoms with Crippen LogP contribution in [0.2, 0.25) is 5.02 Å². The highest BCUT2D eigenvalue weighted by Crippen LogP contribution is 2.20. The zero-order chi connectivity index (χ0) is 19.3. The van der Waals surface area contributed by atoms with Gasteiger partial charge in [0.2, 0.25) is 0 Å². The van der Waals surface area contributed by atoms with E-state index in [1.54, 1.807) is 0 Å². The lowest BCUT2D eigenvalue weighted by molar-refractivity contribution is 0.0667. The average molecular weight is 381 g/mol. The maximum absolute atomic E-state index is 13.2. The highest BCUT2D eigenvalue weighted by molar-refractivity contribution is 6.31. The molecule has 26 heavy (non-hydrogen) atoms. The van der Waals surface area contributed by atoms with Crippen LogP contribution in [-0.2, 0) is 11.3 Å². The summed E-state index contributed by atoms with van der Waals surface area (Å²) >= 11 is 6.05. The van der Waals surface area contributed by atoms with Gasteiger partial charge in [0.25, 0.3) is 5.91 Å². The van der Waals surface area contributed by atoms with E-state index in [9.17, 15) is 14.0 Å². The summed E-state index contributed by atoms with van der Waals surface area (Å²) in [5.74, 6) is -1.97. The normalized spacial score (nSPS) is 10.6. The molecule has 0 atom stereocenters. The first-order chi connectivity index (χ1) is 12.3. The van der Waals surface area contributed by atoms with E-state index in [-0.39, 0.29) is 41.7 Å². The van der Waals surface area contributed by atoms with Gasteiger partial charge in [-0.15, -0.1) is 0 Å². The van der Waals surface area contributed by atoms with Gasteiger partial charge < -0.3 is 14.7 Å². The monoisotopic (exact) mass is 380 g/mol. The third-order valence-electron chi connectivity index (χ3n) is 3.76. The van der Waals surface area contributed by atoms with Crippen molar-refractivity contribution in [1.29, 1.82) is 0 Å². The second-order valence-corrected chi connectivity index (χ2v) is 6.00. The Morgan fingerprint density at radius 2 is 2.04 bits per heavy atom. The molecule has 0 radical (unpaired) electrons. The van der Waals surface area contributed by atoms with E-state index >= 15 is 0 Å². The van der Waals surface area contributed by atoms with Crippen molar-refractivity contribution in [2.45, 2.75) is 13.5 Å². The molecule has 138 valence electrons. The number of ether oxygens (including phenoxy) is 1. The van der Waals surface area contributed by atoms with E-state index in [1.807, 2.05) is 0 Å². The highest BCUT2D eigenvalue weighted by Gasteiger charge is 2.20. The van der Waals surface area contributed by atoms with Crippen LogP contribution in [0.1, 0.15) is 32.1 Å². The van der Waals surface area contributed by atoms with Gasteiger partial charge in [-0.05, 0) is 36.8 Å². The molecule has 6 nitrogen and oxygen atoms in total. The van der Waals surface area contributed by atoms with Gasteiger partial charge in [0.1, 0.15) is 11.5 Å². The van der Waals surface area contributed by atoms with Crippen molar-refractivity contribution < 1.29 is 23.8 Å². The second kappa shape index (κ2) is 8.73. The van der Waals surface area contributed by atoms with Crippen molar-refractivity contribution >= 4 is 23.5 Å². The van der Waals surface area contributed by atoms with Gasteiger partial charge in [0.15, 0.2) is 0 Å². The average Bonchev–Trinajstić information content (AvgIpc) is 2.59. The maximum Gasteiger partial charge on any atom is 0.337 e. The van der Waals surface area contributed by atoms with Gasteiger partial charge in [-0.2, -0.15) is 0 Å². The van der Waals surface area contributed by atoms with Gasteiger partial charge in [-0.1, -0.05) is 17.7 Å². The van der Waals surface area contributed by atoms with Gasteiger partial charge in [-0.3, -0.25) is 4.79 Å². The fourth-order valence-electron chi connectivity index (χ4n) is 2.38. The molecule has 2 aromatic rings. The highest BCUT2D eigenvalue weighted by atomic mass is 35.5. The lowest BCUT2D eigenvalue weighted by Crippen LogP contribution is -2.34. The van der Waals surface area contributed by atoms with Crippen LogP contribution in [0.5, 0.6) is 0 Å². The molecular weight excluding hydrogens is 363 g/mol. The first kappa shape index (κ1) is 19.8. The van der Waals surface area contributed by atoms with Crippen LogP contribution in [0.15, 0.2) is 30.3 Å². The molecule has 0 aliphatic rings.